The monoisotopic (exact) mass is 451 g/mol. The van der Waals surface area contributed by atoms with E-state index in [-0.39, 0.29) is 5.91 Å². The lowest BCUT2D eigenvalue weighted by atomic mass is 9.96. The molecular formula is C27H37N3O3. The predicted octanol–water partition coefficient (Wildman–Crippen LogP) is 4.49. The first kappa shape index (κ1) is 23.7. The minimum Gasteiger partial charge on any atom is -0.381 e. The van der Waals surface area contributed by atoms with Gasteiger partial charge >= 0.3 is 0 Å². The number of benzene rings is 1. The smallest absolute Gasteiger partial charge is 0.251 e. The fraction of sp³-hybridized carbons (Fsp3) is 0.556. The number of fused-ring (bicyclic) bond motifs is 2. The Labute approximate surface area is 197 Å². The van der Waals surface area contributed by atoms with Gasteiger partial charge < -0.3 is 19.7 Å². The van der Waals surface area contributed by atoms with Crippen molar-refractivity contribution >= 4 is 11.6 Å². The number of aromatic nitrogens is 1. The van der Waals surface area contributed by atoms with Gasteiger partial charge in [-0.3, -0.25) is 9.78 Å². The first-order chi connectivity index (χ1) is 16.1. The van der Waals surface area contributed by atoms with Gasteiger partial charge in [0.2, 0.25) is 0 Å². The Kier molecular flexibility index (Phi) is 7.99. The highest BCUT2D eigenvalue weighted by atomic mass is 16.5. The lowest BCUT2D eigenvalue weighted by Gasteiger charge is -2.37. The molecule has 6 nitrogen and oxygen atoms in total. The van der Waals surface area contributed by atoms with Gasteiger partial charge in [0, 0.05) is 61.6 Å². The van der Waals surface area contributed by atoms with Crippen molar-refractivity contribution in [3.05, 3.63) is 57.9 Å². The first-order valence-electron chi connectivity index (χ1n) is 12.4. The van der Waals surface area contributed by atoms with Crippen molar-refractivity contribution in [2.75, 3.05) is 31.3 Å². The maximum Gasteiger partial charge on any atom is 0.251 e. The Bertz CT molecular complexity index is 969. The lowest BCUT2D eigenvalue weighted by molar-refractivity contribution is 0.0845. The van der Waals surface area contributed by atoms with Gasteiger partial charge in [-0.15, -0.1) is 0 Å². The number of amides is 1. The van der Waals surface area contributed by atoms with Crippen molar-refractivity contribution in [3.63, 3.8) is 0 Å². The average Bonchev–Trinajstić information content (AvgIpc) is 2.83. The van der Waals surface area contributed by atoms with E-state index in [1.807, 2.05) is 26.0 Å². The Morgan fingerprint density at radius 3 is 2.70 bits per heavy atom. The van der Waals surface area contributed by atoms with Crippen LogP contribution in [0.25, 0.3) is 0 Å². The SMILES string of the molecule is CCN(c1cccc2c1CCCCOCc1cc(C)nc(C)c1CNC2=O)C1CCOCC1. The van der Waals surface area contributed by atoms with Crippen LogP contribution in [0.2, 0.25) is 0 Å². The minimum atomic E-state index is -0.0130. The minimum absolute atomic E-state index is 0.0130. The van der Waals surface area contributed by atoms with Gasteiger partial charge in [0.15, 0.2) is 0 Å². The maximum absolute atomic E-state index is 13.4. The standard InChI is InChI=1S/C27H37N3O3/c1-4-30(22-11-14-32-15-12-22)26-10-7-9-24-23(26)8-5-6-13-33-18-21-16-19(2)29-20(3)25(21)17-28-27(24)31/h7,9-10,16,22H,4-6,8,11-15,17-18H2,1-3H3,(H,28,31). The molecule has 0 radical (unpaired) electrons. The predicted molar refractivity (Wildman–Crippen MR) is 131 cm³/mol. The summed E-state index contributed by atoms with van der Waals surface area (Å²) in [6, 6.07) is 8.72. The lowest BCUT2D eigenvalue weighted by Crippen LogP contribution is -2.40. The summed E-state index contributed by atoms with van der Waals surface area (Å²) >= 11 is 0. The molecular weight excluding hydrogens is 414 g/mol. The Hall–Kier alpha value is -2.44. The molecule has 1 fully saturated rings. The topological polar surface area (TPSA) is 63.7 Å². The van der Waals surface area contributed by atoms with Gasteiger partial charge in [-0.2, -0.15) is 0 Å². The van der Waals surface area contributed by atoms with Crippen LogP contribution in [-0.4, -0.2) is 43.3 Å². The maximum atomic E-state index is 13.4. The number of anilines is 1. The highest BCUT2D eigenvalue weighted by Crippen LogP contribution is 2.30. The van der Waals surface area contributed by atoms with Crippen LogP contribution in [0.1, 0.15) is 71.0 Å². The summed E-state index contributed by atoms with van der Waals surface area (Å²) in [4.78, 5) is 20.5. The largest absolute Gasteiger partial charge is 0.381 e. The molecule has 1 N–H and O–H groups in total. The molecule has 3 heterocycles. The molecule has 178 valence electrons. The van der Waals surface area contributed by atoms with Crippen LogP contribution in [0.3, 0.4) is 0 Å². The van der Waals surface area contributed by atoms with Crippen LogP contribution in [0, 0.1) is 13.8 Å². The molecule has 33 heavy (non-hydrogen) atoms. The Morgan fingerprint density at radius 2 is 1.91 bits per heavy atom. The Morgan fingerprint density at radius 1 is 1.09 bits per heavy atom. The summed E-state index contributed by atoms with van der Waals surface area (Å²) in [5, 5.41) is 3.18. The van der Waals surface area contributed by atoms with E-state index in [4.69, 9.17) is 9.47 Å². The second kappa shape index (κ2) is 11.1. The zero-order valence-electron chi connectivity index (χ0n) is 20.3. The highest BCUT2D eigenvalue weighted by Gasteiger charge is 2.25. The molecule has 1 aromatic carbocycles. The zero-order valence-corrected chi connectivity index (χ0v) is 20.3. The summed E-state index contributed by atoms with van der Waals surface area (Å²) in [6.45, 7) is 10.5. The van der Waals surface area contributed by atoms with Crippen LogP contribution in [-0.2, 0) is 29.0 Å². The van der Waals surface area contributed by atoms with Gasteiger partial charge in [-0.25, -0.2) is 0 Å². The van der Waals surface area contributed by atoms with E-state index in [0.29, 0.717) is 19.2 Å². The van der Waals surface area contributed by atoms with E-state index >= 15 is 0 Å². The van der Waals surface area contributed by atoms with Crippen LogP contribution < -0.4 is 10.2 Å². The van der Waals surface area contributed by atoms with E-state index < -0.39 is 0 Å². The van der Waals surface area contributed by atoms with E-state index in [0.717, 1.165) is 92.1 Å². The molecule has 1 amide bonds. The van der Waals surface area contributed by atoms with E-state index in [2.05, 4.69) is 34.3 Å². The van der Waals surface area contributed by atoms with E-state index in [1.54, 1.807) is 0 Å². The molecule has 4 rings (SSSR count). The summed E-state index contributed by atoms with van der Waals surface area (Å²) in [5.41, 5.74) is 7.25. The molecule has 2 aliphatic heterocycles. The van der Waals surface area contributed by atoms with Crippen molar-refractivity contribution in [2.24, 2.45) is 0 Å². The fourth-order valence-electron chi connectivity index (χ4n) is 5.20. The third kappa shape index (κ3) is 5.56. The molecule has 6 heteroatoms. The van der Waals surface area contributed by atoms with Gasteiger partial charge in [0.25, 0.3) is 5.91 Å². The van der Waals surface area contributed by atoms with Crippen LogP contribution in [0.4, 0.5) is 5.69 Å². The second-order valence-corrected chi connectivity index (χ2v) is 9.11. The third-order valence-electron chi connectivity index (χ3n) is 6.88. The number of hydrogen-bond donors (Lipinski definition) is 1. The molecule has 0 bridgehead atoms. The third-order valence-corrected chi connectivity index (χ3v) is 6.88. The zero-order chi connectivity index (χ0) is 23.2. The Balaban J connectivity index is 1.67. The van der Waals surface area contributed by atoms with Gasteiger partial charge in [-0.1, -0.05) is 6.07 Å². The summed E-state index contributed by atoms with van der Waals surface area (Å²) in [5.74, 6) is -0.0130. The van der Waals surface area contributed by atoms with E-state index in [1.165, 1.54) is 5.69 Å². The number of nitrogens with one attached hydrogen (secondary N) is 1. The van der Waals surface area contributed by atoms with Gasteiger partial charge in [0.1, 0.15) is 0 Å². The average molecular weight is 452 g/mol. The van der Waals surface area contributed by atoms with Crippen LogP contribution >= 0.6 is 0 Å². The molecule has 1 aromatic heterocycles. The highest BCUT2D eigenvalue weighted by molar-refractivity contribution is 5.97. The number of carbonyl (C=O) groups is 1. The summed E-state index contributed by atoms with van der Waals surface area (Å²) in [7, 11) is 0. The molecule has 0 spiro atoms. The number of pyridine rings is 1. The number of carbonyl (C=O) groups excluding carboxylic acids is 1. The van der Waals surface area contributed by atoms with Crippen molar-refractivity contribution < 1.29 is 14.3 Å². The van der Waals surface area contributed by atoms with E-state index in [9.17, 15) is 4.79 Å². The van der Waals surface area contributed by atoms with Crippen molar-refractivity contribution in [3.8, 4) is 0 Å². The van der Waals surface area contributed by atoms with Crippen molar-refractivity contribution in [2.45, 2.75) is 72.1 Å². The quantitative estimate of drug-likeness (QED) is 0.745. The van der Waals surface area contributed by atoms with Gasteiger partial charge in [0.05, 0.1) is 6.61 Å². The molecule has 0 saturated carbocycles. The van der Waals surface area contributed by atoms with Crippen LogP contribution in [0.5, 0.6) is 0 Å². The summed E-state index contributed by atoms with van der Waals surface area (Å²) in [6.07, 6.45) is 4.88. The molecule has 0 aliphatic carbocycles. The van der Waals surface area contributed by atoms with Crippen molar-refractivity contribution in [1.29, 1.82) is 0 Å². The second-order valence-electron chi connectivity index (χ2n) is 9.11. The number of hydrogen-bond acceptors (Lipinski definition) is 5. The first-order valence-corrected chi connectivity index (χ1v) is 12.4. The molecule has 0 atom stereocenters. The molecule has 1 saturated heterocycles. The number of ether oxygens (including phenoxy) is 2. The van der Waals surface area contributed by atoms with Gasteiger partial charge in [-0.05, 0) is 87.8 Å². The number of aryl methyl sites for hydroxylation is 2. The molecule has 0 unspecified atom stereocenters. The molecule has 2 aromatic rings. The summed E-state index contributed by atoms with van der Waals surface area (Å²) < 4.78 is 11.6. The van der Waals surface area contributed by atoms with Crippen molar-refractivity contribution in [1.82, 2.24) is 10.3 Å². The number of nitrogens with zero attached hydrogens (tertiary/aromatic N) is 2. The van der Waals surface area contributed by atoms with Crippen LogP contribution in [0.15, 0.2) is 24.3 Å². The number of rotatable bonds is 3. The normalized spacial score (nSPS) is 18.2. The fourth-order valence-corrected chi connectivity index (χ4v) is 5.20. The molecule has 2 aliphatic rings.